The highest BCUT2D eigenvalue weighted by atomic mass is 16.3. The fourth-order valence-corrected chi connectivity index (χ4v) is 4.42. The lowest BCUT2D eigenvalue weighted by Gasteiger charge is -2.20. The van der Waals surface area contributed by atoms with Crippen LogP contribution in [-0.4, -0.2) is 65.6 Å². The number of likely N-dealkylation sites (tertiary alicyclic amines) is 1. The van der Waals surface area contributed by atoms with E-state index in [9.17, 15) is 14.7 Å². The summed E-state index contributed by atoms with van der Waals surface area (Å²) < 4.78 is 3.28. The number of hydrogen-bond donors (Lipinski definition) is 2. The van der Waals surface area contributed by atoms with Crippen molar-refractivity contribution in [2.75, 3.05) is 13.6 Å². The van der Waals surface area contributed by atoms with Gasteiger partial charge in [0.05, 0.1) is 16.8 Å². The Hall–Kier alpha value is -4.05. The number of nitrogens with zero attached hydrogens (tertiary/aromatic N) is 6. The zero-order chi connectivity index (χ0) is 24.0. The predicted octanol–water partition coefficient (Wildman–Crippen LogP) is 1.45. The smallest absolute Gasteiger partial charge is 0.269 e. The molecule has 0 aliphatic carbocycles. The number of primary amides is 1. The van der Waals surface area contributed by atoms with Crippen molar-refractivity contribution >= 4 is 22.8 Å². The zero-order valence-corrected chi connectivity index (χ0v) is 19.0. The predicted molar refractivity (Wildman–Crippen MR) is 125 cm³/mol. The zero-order valence-electron chi connectivity index (χ0n) is 19.0. The summed E-state index contributed by atoms with van der Waals surface area (Å²) in [5.74, 6) is -0.883. The Kier molecular flexibility index (Phi) is 5.17. The summed E-state index contributed by atoms with van der Waals surface area (Å²) in [6.45, 7) is 0.552. The molecule has 1 aromatic carbocycles. The maximum atomic E-state index is 12.3. The molecule has 0 unspecified atom stereocenters. The van der Waals surface area contributed by atoms with E-state index in [2.05, 4.69) is 15.2 Å². The maximum absolute atomic E-state index is 12.3. The third-order valence-corrected chi connectivity index (χ3v) is 6.35. The number of amides is 2. The Labute approximate surface area is 195 Å². The molecule has 1 aliphatic heterocycles. The van der Waals surface area contributed by atoms with Gasteiger partial charge in [-0.25, -0.2) is 9.67 Å². The van der Waals surface area contributed by atoms with Gasteiger partial charge in [0.15, 0.2) is 11.3 Å². The minimum Gasteiger partial charge on any atom is -0.380 e. The quantitative estimate of drug-likeness (QED) is 0.448. The van der Waals surface area contributed by atoms with Gasteiger partial charge < -0.3 is 15.7 Å². The third-order valence-electron chi connectivity index (χ3n) is 6.35. The van der Waals surface area contributed by atoms with Crippen molar-refractivity contribution in [1.29, 1.82) is 0 Å². The van der Waals surface area contributed by atoms with Crippen LogP contribution in [-0.2, 0) is 18.3 Å². The van der Waals surface area contributed by atoms with Crippen molar-refractivity contribution in [3.05, 3.63) is 60.0 Å². The van der Waals surface area contributed by atoms with Crippen LogP contribution in [0.4, 0.5) is 0 Å². The third kappa shape index (κ3) is 3.71. The molecule has 10 nitrogen and oxygen atoms in total. The molecule has 10 heteroatoms. The molecular formula is C24H25N7O3. The minimum atomic E-state index is -1.33. The van der Waals surface area contributed by atoms with Crippen LogP contribution in [0.25, 0.3) is 28.0 Å². The molecule has 0 radical (unpaired) electrons. The first-order valence-electron chi connectivity index (χ1n) is 11.0. The molecular weight excluding hydrogens is 434 g/mol. The van der Waals surface area contributed by atoms with Crippen LogP contribution in [0.2, 0.25) is 0 Å². The Bertz CT molecular complexity index is 1420. The number of rotatable bonds is 6. The summed E-state index contributed by atoms with van der Waals surface area (Å²) in [5, 5.41) is 20.1. The molecule has 34 heavy (non-hydrogen) atoms. The summed E-state index contributed by atoms with van der Waals surface area (Å²) in [6, 6.07) is 11.3. The molecule has 5 rings (SSSR count). The number of carbonyl (C=O) groups is 2. The van der Waals surface area contributed by atoms with Crippen LogP contribution in [0.5, 0.6) is 0 Å². The summed E-state index contributed by atoms with van der Waals surface area (Å²) in [4.78, 5) is 30.6. The highest BCUT2D eigenvalue weighted by Crippen LogP contribution is 2.29. The normalized spacial score (nSPS) is 18.2. The van der Waals surface area contributed by atoms with Gasteiger partial charge in [0.2, 0.25) is 0 Å². The number of nitrogens with two attached hydrogens (primary N) is 1. The molecule has 174 valence electrons. The van der Waals surface area contributed by atoms with Gasteiger partial charge in [0, 0.05) is 45.0 Å². The van der Waals surface area contributed by atoms with Crippen LogP contribution in [0.3, 0.4) is 0 Å². The molecule has 1 saturated heterocycles. The fraction of sp³-hybridized carbons (Fsp3) is 0.292. The average Bonchev–Trinajstić information content (AvgIpc) is 3.50. The van der Waals surface area contributed by atoms with Crippen LogP contribution in [0.1, 0.15) is 28.9 Å². The Morgan fingerprint density at radius 1 is 1.21 bits per heavy atom. The molecule has 1 aliphatic rings. The number of likely N-dealkylation sites (N-methyl/N-ethyl adjacent to an activating group) is 1. The summed E-state index contributed by atoms with van der Waals surface area (Å²) in [5.41, 5.74) is 8.04. The average molecular weight is 460 g/mol. The van der Waals surface area contributed by atoms with Crippen molar-refractivity contribution in [3.63, 3.8) is 0 Å². The lowest BCUT2D eigenvalue weighted by molar-refractivity contribution is -0.142. The van der Waals surface area contributed by atoms with E-state index in [0.717, 1.165) is 16.8 Å². The monoisotopic (exact) mass is 459 g/mol. The molecule has 0 saturated carbocycles. The van der Waals surface area contributed by atoms with Crippen LogP contribution >= 0.6 is 0 Å². The minimum absolute atomic E-state index is 0.125. The van der Waals surface area contributed by atoms with E-state index >= 15 is 0 Å². The van der Waals surface area contributed by atoms with Crippen LogP contribution < -0.4 is 5.73 Å². The molecule has 1 atom stereocenters. The van der Waals surface area contributed by atoms with Gasteiger partial charge in [-0.05, 0) is 42.7 Å². The number of aryl methyl sites for hydroxylation is 2. The second-order valence-corrected chi connectivity index (χ2v) is 8.77. The van der Waals surface area contributed by atoms with Gasteiger partial charge in [-0.1, -0.05) is 12.1 Å². The van der Waals surface area contributed by atoms with Crippen molar-refractivity contribution in [2.24, 2.45) is 12.8 Å². The van der Waals surface area contributed by atoms with Gasteiger partial charge in [0.1, 0.15) is 5.60 Å². The number of pyridine rings is 1. The number of aromatic nitrogens is 5. The van der Waals surface area contributed by atoms with E-state index in [1.54, 1.807) is 27.5 Å². The number of hydrogen-bond acceptors (Lipinski definition) is 6. The standard InChI is InChI=1S/C24H25N7O3/c1-29-11-9-24(34,23(29)33)8-6-15-4-3-5-17(12-15)31-22-18(20(28-31)21(25)32)13-16(14-26-22)19-7-10-30(2)27-19/h3-5,7,10,12-14,34H,6,8-9,11H2,1-2H3,(H2,25,32)/t24-/m0/s1. The number of carbonyl (C=O) groups excluding carboxylic acids is 2. The Balaban J connectivity index is 1.49. The molecule has 2 amide bonds. The first-order valence-corrected chi connectivity index (χ1v) is 11.0. The Morgan fingerprint density at radius 3 is 2.71 bits per heavy atom. The van der Waals surface area contributed by atoms with Gasteiger partial charge in [-0.15, -0.1) is 0 Å². The molecule has 4 heterocycles. The van der Waals surface area contributed by atoms with Crippen molar-refractivity contribution < 1.29 is 14.7 Å². The first kappa shape index (κ1) is 21.8. The van der Waals surface area contributed by atoms with E-state index in [4.69, 9.17) is 5.73 Å². The largest absolute Gasteiger partial charge is 0.380 e. The van der Waals surface area contributed by atoms with E-state index < -0.39 is 11.5 Å². The van der Waals surface area contributed by atoms with Gasteiger partial charge in [-0.2, -0.15) is 10.2 Å². The summed E-state index contributed by atoms with van der Waals surface area (Å²) in [6.07, 6.45) is 4.80. The second-order valence-electron chi connectivity index (χ2n) is 8.77. The number of aliphatic hydroxyl groups is 1. The fourth-order valence-electron chi connectivity index (χ4n) is 4.42. The van der Waals surface area contributed by atoms with Gasteiger partial charge in [-0.3, -0.25) is 14.3 Å². The van der Waals surface area contributed by atoms with Crippen molar-refractivity contribution in [3.8, 4) is 16.9 Å². The first-order chi connectivity index (χ1) is 16.2. The van der Waals surface area contributed by atoms with E-state index in [1.165, 1.54) is 0 Å². The molecule has 3 aromatic heterocycles. The SMILES string of the molecule is CN1CC[C@@](O)(CCc2cccc(-n3nc(C(N)=O)c4cc(-c5ccn(C)n5)cnc43)c2)C1=O. The van der Waals surface area contributed by atoms with Crippen LogP contribution in [0.15, 0.2) is 48.8 Å². The lowest BCUT2D eigenvalue weighted by atomic mass is 9.93. The van der Waals surface area contributed by atoms with E-state index in [1.807, 2.05) is 49.6 Å². The Morgan fingerprint density at radius 2 is 2.03 bits per heavy atom. The van der Waals surface area contributed by atoms with Gasteiger partial charge >= 0.3 is 0 Å². The van der Waals surface area contributed by atoms with Gasteiger partial charge in [0.25, 0.3) is 11.8 Å². The van der Waals surface area contributed by atoms with Crippen molar-refractivity contribution in [2.45, 2.75) is 24.9 Å². The molecule has 0 spiro atoms. The second kappa shape index (κ2) is 8.07. The summed E-state index contributed by atoms with van der Waals surface area (Å²) in [7, 11) is 3.53. The van der Waals surface area contributed by atoms with Crippen LogP contribution in [0, 0.1) is 0 Å². The summed E-state index contributed by atoms with van der Waals surface area (Å²) >= 11 is 0. The molecule has 4 aromatic rings. The maximum Gasteiger partial charge on any atom is 0.269 e. The molecule has 0 bridgehead atoms. The lowest BCUT2D eigenvalue weighted by Crippen LogP contribution is -2.38. The molecule has 3 N–H and O–H groups in total. The topological polar surface area (TPSA) is 132 Å². The van der Waals surface area contributed by atoms with E-state index in [-0.39, 0.29) is 11.6 Å². The highest BCUT2D eigenvalue weighted by Gasteiger charge is 2.42. The van der Waals surface area contributed by atoms with E-state index in [0.29, 0.717) is 42.5 Å². The number of fused-ring (bicyclic) bond motifs is 1. The molecule has 1 fully saturated rings. The highest BCUT2D eigenvalue weighted by molar-refractivity contribution is 6.04. The number of benzene rings is 1. The van der Waals surface area contributed by atoms with Crippen molar-refractivity contribution in [1.82, 2.24) is 29.4 Å².